The van der Waals surface area contributed by atoms with E-state index in [1.54, 1.807) is 0 Å². The van der Waals surface area contributed by atoms with E-state index in [0.29, 0.717) is 11.7 Å². The van der Waals surface area contributed by atoms with Gasteiger partial charge in [-0.25, -0.2) is 0 Å². The lowest BCUT2D eigenvalue weighted by Crippen LogP contribution is -2.41. The Hall–Kier alpha value is -0.795. The molecule has 3 heteroatoms. The molecular formula is C18H25BO2. The SMILES string of the molecule is CC1(C)OB([C@H]2C[C@@H]2c2ccc(C3CC3)cc2)OC1(C)C. The summed E-state index contributed by atoms with van der Waals surface area (Å²) in [7, 11) is -0.0388. The van der Waals surface area contributed by atoms with E-state index in [-0.39, 0.29) is 18.3 Å². The van der Waals surface area contributed by atoms with Crippen molar-refractivity contribution in [2.75, 3.05) is 0 Å². The van der Waals surface area contributed by atoms with Crippen molar-refractivity contribution >= 4 is 7.12 Å². The third kappa shape index (κ3) is 2.35. The fourth-order valence-corrected chi connectivity index (χ4v) is 3.39. The van der Waals surface area contributed by atoms with Crippen LogP contribution in [0.2, 0.25) is 5.82 Å². The van der Waals surface area contributed by atoms with Gasteiger partial charge in [-0.1, -0.05) is 24.3 Å². The topological polar surface area (TPSA) is 18.5 Å². The number of hydrogen-bond donors (Lipinski definition) is 0. The molecule has 1 saturated heterocycles. The highest BCUT2D eigenvalue weighted by Crippen LogP contribution is 2.58. The van der Waals surface area contributed by atoms with Crippen LogP contribution < -0.4 is 0 Å². The van der Waals surface area contributed by atoms with Gasteiger partial charge in [-0.05, 0) is 69.9 Å². The first kappa shape index (κ1) is 13.8. The van der Waals surface area contributed by atoms with E-state index in [4.69, 9.17) is 9.31 Å². The fraction of sp³-hybridized carbons (Fsp3) is 0.667. The Morgan fingerprint density at radius 3 is 1.95 bits per heavy atom. The fourth-order valence-electron chi connectivity index (χ4n) is 3.39. The summed E-state index contributed by atoms with van der Waals surface area (Å²) in [5.74, 6) is 1.99. The smallest absolute Gasteiger partial charge is 0.403 e. The maximum Gasteiger partial charge on any atom is 0.461 e. The second-order valence-corrected chi connectivity index (χ2v) is 8.07. The molecule has 1 aliphatic heterocycles. The predicted molar refractivity (Wildman–Crippen MR) is 85.6 cm³/mol. The molecule has 0 spiro atoms. The largest absolute Gasteiger partial charge is 0.461 e. The number of rotatable bonds is 3. The minimum atomic E-state index is -0.208. The van der Waals surface area contributed by atoms with E-state index >= 15 is 0 Å². The summed E-state index contributed by atoms with van der Waals surface area (Å²) in [6.07, 6.45) is 3.94. The van der Waals surface area contributed by atoms with Gasteiger partial charge in [0.2, 0.25) is 0 Å². The minimum Gasteiger partial charge on any atom is -0.403 e. The van der Waals surface area contributed by atoms with Crippen LogP contribution in [0.3, 0.4) is 0 Å². The standard InChI is InChI=1S/C18H25BO2/c1-17(2)18(3,4)21-19(20-17)16-11-15(16)14-9-7-13(8-10-14)12-5-6-12/h7-10,12,15-16H,5-6,11H2,1-4H3/t15-,16+/m1/s1. The Bertz CT molecular complexity index is 529. The molecule has 2 saturated carbocycles. The van der Waals surface area contributed by atoms with Crippen molar-refractivity contribution in [2.45, 2.75) is 75.8 Å². The monoisotopic (exact) mass is 284 g/mol. The molecule has 2 atom stereocenters. The Morgan fingerprint density at radius 2 is 1.43 bits per heavy atom. The molecule has 2 nitrogen and oxygen atoms in total. The van der Waals surface area contributed by atoms with Gasteiger partial charge in [-0.2, -0.15) is 0 Å². The van der Waals surface area contributed by atoms with Gasteiger partial charge in [0.15, 0.2) is 0 Å². The molecule has 2 aliphatic carbocycles. The molecule has 21 heavy (non-hydrogen) atoms. The molecular weight excluding hydrogens is 259 g/mol. The third-order valence-electron chi connectivity index (χ3n) is 5.87. The summed E-state index contributed by atoms with van der Waals surface area (Å²) in [4.78, 5) is 0. The van der Waals surface area contributed by atoms with Gasteiger partial charge in [-0.3, -0.25) is 0 Å². The van der Waals surface area contributed by atoms with Crippen molar-refractivity contribution in [1.29, 1.82) is 0 Å². The van der Waals surface area contributed by atoms with Crippen molar-refractivity contribution in [3.63, 3.8) is 0 Å². The van der Waals surface area contributed by atoms with Gasteiger partial charge in [0.1, 0.15) is 0 Å². The van der Waals surface area contributed by atoms with Gasteiger partial charge >= 0.3 is 7.12 Å². The van der Waals surface area contributed by atoms with Gasteiger partial charge < -0.3 is 9.31 Å². The van der Waals surface area contributed by atoms with Crippen LogP contribution in [0.1, 0.15) is 69.9 Å². The van der Waals surface area contributed by atoms with Gasteiger partial charge in [0, 0.05) is 5.82 Å². The van der Waals surface area contributed by atoms with Crippen molar-refractivity contribution in [3.05, 3.63) is 35.4 Å². The van der Waals surface area contributed by atoms with Crippen LogP contribution in [0.25, 0.3) is 0 Å². The van der Waals surface area contributed by atoms with E-state index in [2.05, 4.69) is 52.0 Å². The van der Waals surface area contributed by atoms with Crippen molar-refractivity contribution in [2.24, 2.45) is 0 Å². The van der Waals surface area contributed by atoms with Crippen LogP contribution in [-0.2, 0) is 9.31 Å². The maximum atomic E-state index is 6.19. The normalized spacial score (nSPS) is 33.2. The van der Waals surface area contributed by atoms with Crippen molar-refractivity contribution < 1.29 is 9.31 Å². The van der Waals surface area contributed by atoms with E-state index in [1.165, 1.54) is 30.4 Å². The summed E-state index contributed by atoms with van der Waals surface area (Å²) in [5, 5.41) is 0. The molecule has 0 radical (unpaired) electrons. The molecule has 1 aromatic rings. The summed E-state index contributed by atoms with van der Waals surface area (Å²) < 4.78 is 12.4. The first-order chi connectivity index (χ1) is 9.87. The Kier molecular flexibility index (Phi) is 2.87. The molecule has 3 aliphatic rings. The summed E-state index contributed by atoms with van der Waals surface area (Å²) in [6, 6.07) is 9.30. The average molecular weight is 284 g/mol. The van der Waals surface area contributed by atoms with Crippen molar-refractivity contribution in [1.82, 2.24) is 0 Å². The zero-order valence-corrected chi connectivity index (χ0v) is 13.6. The first-order valence-electron chi connectivity index (χ1n) is 8.33. The van der Waals surface area contributed by atoms with Crippen LogP contribution in [0.5, 0.6) is 0 Å². The molecule has 0 aromatic heterocycles. The van der Waals surface area contributed by atoms with Crippen molar-refractivity contribution in [3.8, 4) is 0 Å². The second kappa shape index (κ2) is 4.36. The van der Waals surface area contributed by atoms with Gasteiger partial charge in [-0.15, -0.1) is 0 Å². The summed E-state index contributed by atoms with van der Waals surface area (Å²) in [5.41, 5.74) is 2.56. The number of hydrogen-bond acceptors (Lipinski definition) is 2. The molecule has 0 unspecified atom stereocenters. The second-order valence-electron chi connectivity index (χ2n) is 8.07. The highest BCUT2D eigenvalue weighted by Gasteiger charge is 2.59. The minimum absolute atomic E-state index is 0.0388. The lowest BCUT2D eigenvalue weighted by molar-refractivity contribution is 0.00578. The predicted octanol–water partition coefficient (Wildman–Crippen LogP) is 4.51. The average Bonchev–Trinajstić information content (AvgIpc) is 3.29. The lowest BCUT2D eigenvalue weighted by Gasteiger charge is -2.32. The highest BCUT2D eigenvalue weighted by molar-refractivity contribution is 6.49. The lowest BCUT2D eigenvalue weighted by atomic mass is 9.79. The molecule has 0 N–H and O–H groups in total. The van der Waals surface area contributed by atoms with Crippen LogP contribution in [0.4, 0.5) is 0 Å². The Balaban J connectivity index is 1.44. The Morgan fingerprint density at radius 1 is 0.905 bits per heavy atom. The molecule has 3 fully saturated rings. The molecule has 112 valence electrons. The molecule has 1 aromatic carbocycles. The van der Waals surface area contributed by atoms with Crippen LogP contribution in [0.15, 0.2) is 24.3 Å². The zero-order chi connectivity index (χ0) is 14.8. The van der Waals surface area contributed by atoms with Crippen LogP contribution in [0, 0.1) is 0 Å². The Labute approximate surface area is 128 Å². The van der Waals surface area contributed by atoms with Crippen LogP contribution in [-0.4, -0.2) is 18.3 Å². The molecule has 1 heterocycles. The van der Waals surface area contributed by atoms with Crippen LogP contribution >= 0.6 is 0 Å². The quantitative estimate of drug-likeness (QED) is 0.760. The summed E-state index contributed by atoms with van der Waals surface area (Å²) in [6.45, 7) is 8.53. The van der Waals surface area contributed by atoms with E-state index in [1.807, 2.05) is 0 Å². The van der Waals surface area contributed by atoms with E-state index in [9.17, 15) is 0 Å². The molecule has 4 rings (SSSR count). The number of benzene rings is 1. The zero-order valence-electron chi connectivity index (χ0n) is 13.6. The first-order valence-corrected chi connectivity index (χ1v) is 8.33. The molecule has 0 amide bonds. The van der Waals surface area contributed by atoms with Gasteiger partial charge in [0.05, 0.1) is 11.2 Å². The molecule has 0 bridgehead atoms. The maximum absolute atomic E-state index is 6.19. The highest BCUT2D eigenvalue weighted by atomic mass is 16.7. The summed E-state index contributed by atoms with van der Waals surface area (Å²) >= 11 is 0. The van der Waals surface area contributed by atoms with E-state index < -0.39 is 0 Å². The van der Waals surface area contributed by atoms with E-state index in [0.717, 1.165) is 5.92 Å². The van der Waals surface area contributed by atoms with Gasteiger partial charge in [0.25, 0.3) is 0 Å². The third-order valence-corrected chi connectivity index (χ3v) is 5.87.